The Morgan fingerprint density at radius 3 is 2.61 bits per heavy atom. The van der Waals surface area contributed by atoms with Crippen LogP contribution in [0.15, 0.2) is 35.5 Å². The second kappa shape index (κ2) is 4.48. The quantitative estimate of drug-likeness (QED) is 0.780. The fraction of sp³-hybridized carbons (Fsp3) is 0.400. The van der Waals surface area contributed by atoms with Crippen molar-refractivity contribution in [2.45, 2.75) is 38.6 Å². The number of rotatable bonds is 1. The zero-order valence-electron chi connectivity index (χ0n) is 10.6. The maximum absolute atomic E-state index is 11.7. The van der Waals surface area contributed by atoms with E-state index in [1.807, 2.05) is 0 Å². The third-order valence-corrected chi connectivity index (χ3v) is 3.81. The number of hydrogen-bond acceptors (Lipinski definition) is 1. The SMILES string of the molecule is Cc1ccc(C2NC(=O)NC3=C2CCCC3)cc1. The van der Waals surface area contributed by atoms with E-state index >= 15 is 0 Å². The van der Waals surface area contributed by atoms with Crippen LogP contribution >= 0.6 is 0 Å². The van der Waals surface area contributed by atoms with E-state index in [4.69, 9.17) is 0 Å². The number of benzene rings is 1. The fourth-order valence-corrected chi connectivity index (χ4v) is 2.82. The van der Waals surface area contributed by atoms with Gasteiger partial charge in [0.25, 0.3) is 0 Å². The van der Waals surface area contributed by atoms with Gasteiger partial charge in [-0.3, -0.25) is 0 Å². The Balaban J connectivity index is 1.98. The molecule has 1 unspecified atom stereocenters. The fourth-order valence-electron chi connectivity index (χ4n) is 2.82. The summed E-state index contributed by atoms with van der Waals surface area (Å²) in [4.78, 5) is 11.7. The smallest absolute Gasteiger partial charge is 0.319 e. The first-order chi connectivity index (χ1) is 8.74. The first-order valence-corrected chi connectivity index (χ1v) is 6.60. The molecular weight excluding hydrogens is 224 g/mol. The summed E-state index contributed by atoms with van der Waals surface area (Å²) in [5, 5.41) is 6.00. The molecule has 0 saturated carbocycles. The molecule has 0 spiro atoms. The Morgan fingerprint density at radius 2 is 1.83 bits per heavy atom. The monoisotopic (exact) mass is 242 g/mol. The van der Waals surface area contributed by atoms with Crippen LogP contribution in [-0.4, -0.2) is 6.03 Å². The summed E-state index contributed by atoms with van der Waals surface area (Å²) in [5.74, 6) is 0. The van der Waals surface area contributed by atoms with Crippen molar-refractivity contribution >= 4 is 6.03 Å². The molecule has 1 aromatic rings. The number of carbonyl (C=O) groups excluding carboxylic acids is 1. The molecule has 1 heterocycles. The summed E-state index contributed by atoms with van der Waals surface area (Å²) in [5.41, 5.74) is 4.95. The van der Waals surface area contributed by atoms with E-state index in [0.29, 0.717) is 0 Å². The predicted octanol–water partition coefficient (Wildman–Crippen LogP) is 3.18. The third kappa shape index (κ3) is 2.01. The highest BCUT2D eigenvalue weighted by molar-refractivity contribution is 5.79. The Morgan fingerprint density at radius 1 is 1.11 bits per heavy atom. The number of nitrogens with one attached hydrogen (secondary N) is 2. The molecular formula is C15H18N2O. The van der Waals surface area contributed by atoms with Crippen LogP contribution < -0.4 is 10.6 Å². The average molecular weight is 242 g/mol. The Kier molecular flexibility index (Phi) is 2.82. The van der Waals surface area contributed by atoms with E-state index < -0.39 is 0 Å². The van der Waals surface area contributed by atoms with E-state index in [1.54, 1.807) is 0 Å². The van der Waals surface area contributed by atoms with Crippen molar-refractivity contribution in [3.05, 3.63) is 46.7 Å². The molecule has 0 aromatic heterocycles. The van der Waals surface area contributed by atoms with Gasteiger partial charge < -0.3 is 10.6 Å². The van der Waals surface area contributed by atoms with Gasteiger partial charge in [-0.1, -0.05) is 29.8 Å². The van der Waals surface area contributed by atoms with Crippen LogP contribution in [0.2, 0.25) is 0 Å². The lowest BCUT2D eigenvalue weighted by Crippen LogP contribution is -2.44. The topological polar surface area (TPSA) is 41.1 Å². The first kappa shape index (κ1) is 11.3. The van der Waals surface area contributed by atoms with Crippen LogP contribution in [0.3, 0.4) is 0 Å². The van der Waals surface area contributed by atoms with Crippen LogP contribution in [0.1, 0.15) is 42.9 Å². The minimum atomic E-state index is -0.0683. The molecule has 3 heteroatoms. The average Bonchev–Trinajstić information content (AvgIpc) is 2.38. The van der Waals surface area contributed by atoms with Gasteiger partial charge in [0.2, 0.25) is 0 Å². The highest BCUT2D eigenvalue weighted by Gasteiger charge is 2.29. The molecule has 2 N–H and O–H groups in total. The highest BCUT2D eigenvalue weighted by Crippen LogP contribution is 2.35. The minimum Gasteiger partial charge on any atom is -0.327 e. The third-order valence-electron chi connectivity index (χ3n) is 3.81. The van der Waals surface area contributed by atoms with E-state index in [2.05, 4.69) is 41.8 Å². The molecule has 0 fully saturated rings. The first-order valence-electron chi connectivity index (χ1n) is 6.60. The normalized spacial score (nSPS) is 23.2. The summed E-state index contributed by atoms with van der Waals surface area (Å²) >= 11 is 0. The number of urea groups is 1. The van der Waals surface area contributed by atoms with Gasteiger partial charge >= 0.3 is 6.03 Å². The van der Waals surface area contributed by atoms with Gasteiger partial charge in [0, 0.05) is 5.70 Å². The summed E-state index contributed by atoms with van der Waals surface area (Å²) in [6.45, 7) is 2.08. The van der Waals surface area contributed by atoms with Crippen molar-refractivity contribution in [1.29, 1.82) is 0 Å². The molecule has 2 amide bonds. The molecule has 1 aliphatic carbocycles. The number of allylic oxidation sites excluding steroid dienone is 1. The lowest BCUT2D eigenvalue weighted by molar-refractivity contribution is 0.236. The van der Waals surface area contributed by atoms with Gasteiger partial charge in [-0.25, -0.2) is 4.79 Å². The minimum absolute atomic E-state index is 0.0645. The van der Waals surface area contributed by atoms with Crippen molar-refractivity contribution in [2.24, 2.45) is 0 Å². The standard InChI is InChI=1S/C15H18N2O/c1-10-6-8-11(9-7-10)14-12-4-2-3-5-13(12)16-15(18)17-14/h6-9,14H,2-5H2,1H3,(H2,16,17,18). The molecule has 0 saturated heterocycles. The zero-order valence-corrected chi connectivity index (χ0v) is 10.6. The van der Waals surface area contributed by atoms with Crippen LogP contribution in [0.4, 0.5) is 4.79 Å². The maximum Gasteiger partial charge on any atom is 0.319 e. The summed E-state index contributed by atoms with van der Waals surface area (Å²) in [7, 11) is 0. The highest BCUT2D eigenvalue weighted by atomic mass is 16.2. The molecule has 3 rings (SSSR count). The summed E-state index contributed by atoms with van der Waals surface area (Å²) in [6.07, 6.45) is 4.49. The number of hydrogen-bond donors (Lipinski definition) is 2. The lowest BCUT2D eigenvalue weighted by Gasteiger charge is -2.33. The van der Waals surface area contributed by atoms with Gasteiger partial charge in [0.1, 0.15) is 0 Å². The van der Waals surface area contributed by atoms with Crippen LogP contribution in [0, 0.1) is 6.92 Å². The van der Waals surface area contributed by atoms with Gasteiger partial charge in [0.05, 0.1) is 6.04 Å². The molecule has 3 nitrogen and oxygen atoms in total. The number of carbonyl (C=O) groups is 1. The van der Waals surface area contributed by atoms with E-state index in [0.717, 1.165) is 18.5 Å². The Bertz CT molecular complexity index is 502. The lowest BCUT2D eigenvalue weighted by atomic mass is 9.86. The Labute approximate surface area is 107 Å². The molecule has 1 aromatic carbocycles. The van der Waals surface area contributed by atoms with Crippen LogP contribution in [0.5, 0.6) is 0 Å². The van der Waals surface area contributed by atoms with Crippen molar-refractivity contribution < 1.29 is 4.79 Å². The van der Waals surface area contributed by atoms with Gasteiger partial charge in [-0.05, 0) is 43.7 Å². The predicted molar refractivity (Wildman–Crippen MR) is 71.1 cm³/mol. The molecule has 18 heavy (non-hydrogen) atoms. The summed E-state index contributed by atoms with van der Waals surface area (Å²) < 4.78 is 0. The van der Waals surface area contributed by atoms with Crippen molar-refractivity contribution in [2.75, 3.05) is 0 Å². The molecule has 2 aliphatic rings. The second-order valence-electron chi connectivity index (χ2n) is 5.15. The molecule has 0 radical (unpaired) electrons. The Hall–Kier alpha value is -1.77. The molecule has 0 bridgehead atoms. The van der Waals surface area contributed by atoms with Crippen LogP contribution in [-0.2, 0) is 0 Å². The number of aryl methyl sites for hydroxylation is 1. The molecule has 1 aliphatic heterocycles. The summed E-state index contributed by atoms with van der Waals surface area (Å²) in [6, 6.07) is 8.44. The molecule has 94 valence electrons. The largest absolute Gasteiger partial charge is 0.327 e. The van der Waals surface area contributed by atoms with E-state index in [-0.39, 0.29) is 12.1 Å². The maximum atomic E-state index is 11.7. The zero-order chi connectivity index (χ0) is 12.5. The van der Waals surface area contributed by atoms with Gasteiger partial charge in [-0.2, -0.15) is 0 Å². The van der Waals surface area contributed by atoms with Gasteiger partial charge in [0.15, 0.2) is 0 Å². The van der Waals surface area contributed by atoms with Crippen LogP contribution in [0.25, 0.3) is 0 Å². The second-order valence-corrected chi connectivity index (χ2v) is 5.15. The number of amides is 2. The van der Waals surface area contributed by atoms with E-state index in [9.17, 15) is 4.79 Å². The van der Waals surface area contributed by atoms with Crippen molar-refractivity contribution in [1.82, 2.24) is 10.6 Å². The molecule has 1 atom stereocenters. The van der Waals surface area contributed by atoms with Crippen molar-refractivity contribution in [3.8, 4) is 0 Å². The van der Waals surface area contributed by atoms with E-state index in [1.165, 1.54) is 29.5 Å². The van der Waals surface area contributed by atoms with Crippen molar-refractivity contribution in [3.63, 3.8) is 0 Å². The van der Waals surface area contributed by atoms with Gasteiger partial charge in [-0.15, -0.1) is 0 Å².